The molecule has 2 fully saturated rings. The summed E-state index contributed by atoms with van der Waals surface area (Å²) < 4.78 is 0. The van der Waals surface area contributed by atoms with Crippen LogP contribution in [0.15, 0.2) is 0 Å². The molecule has 1 aliphatic heterocycles. The standard InChI is InChI=1S/C12H22N2O.ClH/c1-10-9-13-7-8-14(10)12(15)6-5-11-3-2-4-11;/h10-11,13H,2-9H2,1H3;1H/t10-;/m1./s1. The average molecular weight is 247 g/mol. The molecule has 2 aliphatic rings. The molecule has 0 spiro atoms. The summed E-state index contributed by atoms with van der Waals surface area (Å²) in [6.07, 6.45) is 5.97. The molecule has 1 amide bonds. The van der Waals surface area contributed by atoms with Crippen molar-refractivity contribution in [1.29, 1.82) is 0 Å². The Labute approximate surface area is 104 Å². The van der Waals surface area contributed by atoms with E-state index in [1.165, 1.54) is 19.3 Å². The molecular formula is C12H23ClN2O. The van der Waals surface area contributed by atoms with Crippen LogP contribution >= 0.6 is 12.4 Å². The third-order valence-electron chi connectivity index (χ3n) is 3.81. The van der Waals surface area contributed by atoms with E-state index in [1.807, 2.05) is 0 Å². The van der Waals surface area contributed by atoms with Gasteiger partial charge in [-0.3, -0.25) is 4.79 Å². The smallest absolute Gasteiger partial charge is 0.222 e. The number of hydrogen-bond donors (Lipinski definition) is 1. The zero-order valence-electron chi connectivity index (χ0n) is 10.1. The number of hydrogen-bond acceptors (Lipinski definition) is 2. The number of piperazine rings is 1. The fraction of sp³-hybridized carbons (Fsp3) is 0.917. The molecule has 1 saturated heterocycles. The number of nitrogens with one attached hydrogen (secondary N) is 1. The minimum Gasteiger partial charge on any atom is -0.337 e. The van der Waals surface area contributed by atoms with Gasteiger partial charge in [0.15, 0.2) is 0 Å². The van der Waals surface area contributed by atoms with Crippen LogP contribution in [0.1, 0.15) is 39.0 Å². The quantitative estimate of drug-likeness (QED) is 0.824. The van der Waals surface area contributed by atoms with Crippen molar-refractivity contribution < 1.29 is 4.79 Å². The van der Waals surface area contributed by atoms with Gasteiger partial charge in [0.05, 0.1) is 0 Å². The second kappa shape index (κ2) is 6.45. The topological polar surface area (TPSA) is 32.3 Å². The zero-order valence-corrected chi connectivity index (χ0v) is 10.9. The summed E-state index contributed by atoms with van der Waals surface area (Å²) in [5, 5.41) is 3.31. The Bertz CT molecular complexity index is 231. The Balaban J connectivity index is 0.00000128. The number of nitrogens with zero attached hydrogens (tertiary/aromatic N) is 1. The number of halogens is 1. The van der Waals surface area contributed by atoms with Gasteiger partial charge in [-0.1, -0.05) is 19.3 Å². The molecule has 1 aliphatic carbocycles. The predicted molar refractivity (Wildman–Crippen MR) is 67.9 cm³/mol. The lowest BCUT2D eigenvalue weighted by molar-refractivity contribution is -0.134. The van der Waals surface area contributed by atoms with Gasteiger partial charge in [0, 0.05) is 32.1 Å². The molecule has 0 radical (unpaired) electrons. The van der Waals surface area contributed by atoms with Crippen LogP contribution in [0.4, 0.5) is 0 Å². The molecule has 2 rings (SSSR count). The van der Waals surface area contributed by atoms with Gasteiger partial charge in [-0.15, -0.1) is 12.4 Å². The van der Waals surface area contributed by atoms with Gasteiger partial charge in [-0.2, -0.15) is 0 Å². The van der Waals surface area contributed by atoms with Crippen LogP contribution in [0.3, 0.4) is 0 Å². The first-order valence-electron chi connectivity index (χ1n) is 6.27. The van der Waals surface area contributed by atoms with Crippen LogP contribution in [0.25, 0.3) is 0 Å². The fourth-order valence-corrected chi connectivity index (χ4v) is 2.46. The highest BCUT2D eigenvalue weighted by Crippen LogP contribution is 2.30. The summed E-state index contributed by atoms with van der Waals surface area (Å²) in [5.41, 5.74) is 0. The molecule has 0 aromatic rings. The molecule has 3 nitrogen and oxygen atoms in total. The van der Waals surface area contributed by atoms with Gasteiger partial charge in [0.25, 0.3) is 0 Å². The lowest BCUT2D eigenvalue weighted by Gasteiger charge is -2.35. The summed E-state index contributed by atoms with van der Waals surface area (Å²) in [6, 6.07) is 0.382. The van der Waals surface area contributed by atoms with E-state index in [-0.39, 0.29) is 12.4 Å². The van der Waals surface area contributed by atoms with E-state index in [0.29, 0.717) is 11.9 Å². The molecule has 1 heterocycles. The van der Waals surface area contributed by atoms with Crippen molar-refractivity contribution in [2.24, 2.45) is 5.92 Å². The van der Waals surface area contributed by atoms with Crippen LogP contribution in [-0.4, -0.2) is 36.5 Å². The first-order chi connectivity index (χ1) is 7.27. The van der Waals surface area contributed by atoms with E-state index in [4.69, 9.17) is 0 Å². The minimum absolute atomic E-state index is 0. The third kappa shape index (κ3) is 3.36. The Morgan fingerprint density at radius 2 is 2.19 bits per heavy atom. The van der Waals surface area contributed by atoms with E-state index < -0.39 is 0 Å². The normalized spacial score (nSPS) is 25.8. The number of carbonyl (C=O) groups is 1. The van der Waals surface area contributed by atoms with Crippen molar-refractivity contribution >= 4 is 18.3 Å². The van der Waals surface area contributed by atoms with Gasteiger partial charge >= 0.3 is 0 Å². The molecule has 0 unspecified atom stereocenters. The lowest BCUT2D eigenvalue weighted by atomic mass is 9.82. The molecule has 0 bridgehead atoms. The summed E-state index contributed by atoms with van der Waals surface area (Å²) in [7, 11) is 0. The highest BCUT2D eigenvalue weighted by atomic mass is 35.5. The maximum Gasteiger partial charge on any atom is 0.222 e. The number of carbonyl (C=O) groups excluding carboxylic acids is 1. The van der Waals surface area contributed by atoms with Gasteiger partial charge in [0.1, 0.15) is 0 Å². The van der Waals surface area contributed by atoms with Crippen molar-refractivity contribution in [3.63, 3.8) is 0 Å². The molecule has 16 heavy (non-hydrogen) atoms. The Morgan fingerprint density at radius 3 is 2.75 bits per heavy atom. The van der Waals surface area contributed by atoms with Gasteiger partial charge in [-0.25, -0.2) is 0 Å². The zero-order chi connectivity index (χ0) is 10.7. The molecule has 1 N–H and O–H groups in total. The molecule has 4 heteroatoms. The summed E-state index contributed by atoms with van der Waals surface area (Å²) in [6.45, 7) is 4.94. The molecular weight excluding hydrogens is 224 g/mol. The maximum absolute atomic E-state index is 12.0. The van der Waals surface area contributed by atoms with E-state index in [0.717, 1.165) is 38.4 Å². The first-order valence-corrected chi connectivity index (χ1v) is 6.27. The summed E-state index contributed by atoms with van der Waals surface area (Å²) in [4.78, 5) is 14.0. The van der Waals surface area contributed by atoms with E-state index >= 15 is 0 Å². The third-order valence-corrected chi connectivity index (χ3v) is 3.81. The SMILES string of the molecule is C[C@@H]1CNCCN1C(=O)CCC1CCC1.Cl. The molecule has 0 aromatic heterocycles. The Morgan fingerprint density at radius 1 is 1.44 bits per heavy atom. The summed E-state index contributed by atoms with van der Waals surface area (Å²) in [5.74, 6) is 1.23. The van der Waals surface area contributed by atoms with Gasteiger partial charge in [-0.05, 0) is 19.3 Å². The highest BCUT2D eigenvalue weighted by molar-refractivity contribution is 5.85. The maximum atomic E-state index is 12.0. The second-order valence-electron chi connectivity index (χ2n) is 4.98. The predicted octanol–water partition coefficient (Wildman–Crippen LogP) is 1.81. The van der Waals surface area contributed by atoms with Crippen LogP contribution in [0.5, 0.6) is 0 Å². The largest absolute Gasteiger partial charge is 0.337 e. The van der Waals surface area contributed by atoms with Crippen molar-refractivity contribution in [3.8, 4) is 0 Å². The number of rotatable bonds is 3. The minimum atomic E-state index is 0. The fourth-order valence-electron chi connectivity index (χ4n) is 2.46. The van der Waals surface area contributed by atoms with Crippen LogP contribution in [-0.2, 0) is 4.79 Å². The van der Waals surface area contributed by atoms with E-state index in [9.17, 15) is 4.79 Å². The van der Waals surface area contributed by atoms with Crippen molar-refractivity contribution in [1.82, 2.24) is 10.2 Å². The average Bonchev–Trinajstić information content (AvgIpc) is 2.16. The van der Waals surface area contributed by atoms with Gasteiger partial charge < -0.3 is 10.2 Å². The van der Waals surface area contributed by atoms with Crippen molar-refractivity contribution in [2.45, 2.75) is 45.1 Å². The monoisotopic (exact) mass is 246 g/mol. The molecule has 1 saturated carbocycles. The van der Waals surface area contributed by atoms with Crippen molar-refractivity contribution in [3.05, 3.63) is 0 Å². The molecule has 94 valence electrons. The van der Waals surface area contributed by atoms with Crippen LogP contribution < -0.4 is 5.32 Å². The van der Waals surface area contributed by atoms with E-state index in [1.54, 1.807) is 0 Å². The highest BCUT2D eigenvalue weighted by Gasteiger charge is 2.24. The Hall–Kier alpha value is -0.280. The Kier molecular flexibility index (Phi) is 5.56. The lowest BCUT2D eigenvalue weighted by Crippen LogP contribution is -2.52. The molecule has 0 aromatic carbocycles. The summed E-state index contributed by atoms with van der Waals surface area (Å²) >= 11 is 0. The van der Waals surface area contributed by atoms with Crippen LogP contribution in [0.2, 0.25) is 0 Å². The first kappa shape index (κ1) is 13.8. The van der Waals surface area contributed by atoms with E-state index in [2.05, 4.69) is 17.1 Å². The molecule has 1 atom stereocenters. The van der Waals surface area contributed by atoms with Gasteiger partial charge in [0.2, 0.25) is 5.91 Å². The van der Waals surface area contributed by atoms with Crippen LogP contribution in [0, 0.1) is 5.92 Å². The number of amides is 1. The van der Waals surface area contributed by atoms with Crippen molar-refractivity contribution in [2.75, 3.05) is 19.6 Å². The second-order valence-corrected chi connectivity index (χ2v) is 4.98.